The van der Waals surface area contributed by atoms with Gasteiger partial charge in [-0.15, -0.1) is 0 Å². The minimum Gasteiger partial charge on any atom is -0.508 e. The summed E-state index contributed by atoms with van der Waals surface area (Å²) in [5.74, 6) is -2.98. The molecule has 1 aliphatic rings. The van der Waals surface area contributed by atoms with Gasteiger partial charge in [0.1, 0.15) is 17.1 Å². The predicted octanol–water partition coefficient (Wildman–Crippen LogP) is 5.71. The first-order chi connectivity index (χ1) is 15.8. The number of nitrogens with zero attached hydrogens (tertiary/aromatic N) is 1. The van der Waals surface area contributed by atoms with Crippen LogP contribution in [0.25, 0.3) is 11.0 Å². The van der Waals surface area contributed by atoms with Gasteiger partial charge in [-0.25, -0.2) is 4.39 Å². The number of aliphatic hydroxyl groups is 1. The molecule has 1 unspecified atom stereocenters. The van der Waals surface area contributed by atoms with Crippen LogP contribution in [0.4, 0.5) is 10.1 Å². The van der Waals surface area contributed by atoms with E-state index < -0.39 is 29.3 Å². The molecule has 1 amide bonds. The number of anilines is 1. The molecule has 5 rings (SSSR count). The van der Waals surface area contributed by atoms with Gasteiger partial charge in [0.25, 0.3) is 5.91 Å². The van der Waals surface area contributed by atoms with Crippen LogP contribution in [-0.4, -0.2) is 21.9 Å². The summed E-state index contributed by atoms with van der Waals surface area (Å²) in [6, 6.07) is 16.3. The predicted molar refractivity (Wildman–Crippen MR) is 120 cm³/mol. The number of ketones is 1. The lowest BCUT2D eigenvalue weighted by Gasteiger charge is -2.26. The van der Waals surface area contributed by atoms with Crippen molar-refractivity contribution in [1.82, 2.24) is 0 Å². The summed E-state index contributed by atoms with van der Waals surface area (Å²) in [6.45, 7) is 0. The summed E-state index contributed by atoms with van der Waals surface area (Å²) in [7, 11) is 0. The molecule has 164 valence electrons. The SMILES string of the molecule is O=C(C1=C(O)C(=O)N(c2ccc(F)cc2)C1c1cccc(O)c1)c1cc2cc(Cl)ccc2o1. The zero-order valence-corrected chi connectivity index (χ0v) is 17.6. The third kappa shape index (κ3) is 3.52. The number of phenolic OH excluding ortho intramolecular Hbond substituents is 1. The number of halogens is 2. The fourth-order valence-electron chi connectivity index (χ4n) is 3.97. The molecule has 0 radical (unpaired) electrons. The molecule has 0 aliphatic carbocycles. The van der Waals surface area contributed by atoms with E-state index in [4.69, 9.17) is 16.0 Å². The van der Waals surface area contributed by atoms with Crippen molar-refractivity contribution in [2.45, 2.75) is 6.04 Å². The minimum atomic E-state index is -1.08. The second-order valence-corrected chi connectivity index (χ2v) is 7.97. The fourth-order valence-corrected chi connectivity index (χ4v) is 4.15. The summed E-state index contributed by atoms with van der Waals surface area (Å²) in [5.41, 5.74) is 0.830. The van der Waals surface area contributed by atoms with Crippen LogP contribution < -0.4 is 4.90 Å². The maximum absolute atomic E-state index is 13.5. The van der Waals surface area contributed by atoms with Crippen molar-refractivity contribution in [2.24, 2.45) is 0 Å². The van der Waals surface area contributed by atoms with E-state index in [1.54, 1.807) is 30.3 Å². The number of amides is 1. The van der Waals surface area contributed by atoms with Crippen LogP contribution in [0.1, 0.15) is 22.2 Å². The van der Waals surface area contributed by atoms with Gasteiger partial charge >= 0.3 is 0 Å². The van der Waals surface area contributed by atoms with E-state index in [1.165, 1.54) is 47.4 Å². The highest BCUT2D eigenvalue weighted by molar-refractivity contribution is 6.31. The van der Waals surface area contributed by atoms with Crippen LogP contribution >= 0.6 is 11.6 Å². The third-order valence-corrected chi connectivity index (χ3v) is 5.68. The quantitative estimate of drug-likeness (QED) is 0.378. The highest BCUT2D eigenvalue weighted by Gasteiger charge is 2.45. The fraction of sp³-hybridized carbons (Fsp3) is 0.0400. The zero-order chi connectivity index (χ0) is 23.3. The highest BCUT2D eigenvalue weighted by Crippen LogP contribution is 2.43. The lowest BCUT2D eigenvalue weighted by atomic mass is 9.94. The number of phenols is 1. The largest absolute Gasteiger partial charge is 0.508 e. The maximum Gasteiger partial charge on any atom is 0.294 e. The normalized spacial score (nSPS) is 16.1. The summed E-state index contributed by atoms with van der Waals surface area (Å²) < 4.78 is 19.2. The molecular formula is C25H15ClFNO5. The molecule has 3 aromatic carbocycles. The molecule has 2 N–H and O–H groups in total. The average molecular weight is 464 g/mol. The van der Waals surface area contributed by atoms with Crippen LogP contribution in [0.15, 0.2) is 88.5 Å². The standard InChI is InChI=1S/C25H15ClFNO5/c26-15-4-9-19-14(10-15)12-20(33-19)23(30)21-22(13-2-1-3-18(29)11-13)28(25(32)24(21)31)17-7-5-16(27)6-8-17/h1-12,22,29,31H. The molecular weight excluding hydrogens is 449 g/mol. The third-order valence-electron chi connectivity index (χ3n) is 5.45. The molecule has 4 aromatic rings. The first kappa shape index (κ1) is 20.8. The second kappa shape index (κ2) is 7.79. The van der Waals surface area contributed by atoms with Gasteiger partial charge in [0.15, 0.2) is 11.5 Å². The van der Waals surface area contributed by atoms with Gasteiger partial charge in [0, 0.05) is 16.1 Å². The number of fused-ring (bicyclic) bond motifs is 1. The Labute approximate surface area is 191 Å². The van der Waals surface area contributed by atoms with Crippen molar-refractivity contribution in [1.29, 1.82) is 0 Å². The monoisotopic (exact) mass is 463 g/mol. The van der Waals surface area contributed by atoms with Gasteiger partial charge in [0.2, 0.25) is 5.78 Å². The molecule has 0 saturated carbocycles. The number of hydrogen-bond acceptors (Lipinski definition) is 5. The van der Waals surface area contributed by atoms with Gasteiger partial charge in [-0.3, -0.25) is 14.5 Å². The van der Waals surface area contributed by atoms with Crippen molar-refractivity contribution >= 4 is 39.9 Å². The van der Waals surface area contributed by atoms with Gasteiger partial charge in [-0.2, -0.15) is 0 Å². The first-order valence-corrected chi connectivity index (χ1v) is 10.3. The number of aliphatic hydroxyl groups excluding tert-OH is 1. The molecule has 6 nitrogen and oxygen atoms in total. The van der Waals surface area contributed by atoms with E-state index in [9.17, 15) is 24.2 Å². The lowest BCUT2D eigenvalue weighted by Crippen LogP contribution is -2.31. The van der Waals surface area contributed by atoms with Crippen molar-refractivity contribution in [2.75, 3.05) is 4.90 Å². The number of hydrogen-bond donors (Lipinski definition) is 2. The van der Waals surface area contributed by atoms with Crippen LogP contribution in [0, 0.1) is 5.82 Å². The van der Waals surface area contributed by atoms with E-state index in [0.717, 1.165) is 0 Å². The summed E-state index contributed by atoms with van der Waals surface area (Å²) in [5, 5.41) is 21.8. The number of rotatable bonds is 4. The molecule has 0 spiro atoms. The van der Waals surface area contributed by atoms with Gasteiger partial charge < -0.3 is 14.6 Å². The number of furan rings is 1. The minimum absolute atomic E-state index is 0.0874. The molecule has 1 atom stereocenters. The van der Waals surface area contributed by atoms with Gasteiger partial charge in [-0.05, 0) is 66.2 Å². The Morgan fingerprint density at radius 2 is 1.76 bits per heavy atom. The van der Waals surface area contributed by atoms with E-state index >= 15 is 0 Å². The van der Waals surface area contributed by atoms with E-state index in [-0.39, 0.29) is 22.8 Å². The Morgan fingerprint density at radius 1 is 1.00 bits per heavy atom. The van der Waals surface area contributed by atoms with Crippen LogP contribution in [-0.2, 0) is 4.79 Å². The Balaban J connectivity index is 1.66. The number of Topliss-reactive ketones (excluding diaryl/α,β-unsaturated/α-hetero) is 1. The zero-order valence-electron chi connectivity index (χ0n) is 16.8. The molecule has 1 aromatic heterocycles. The maximum atomic E-state index is 13.5. The summed E-state index contributed by atoms with van der Waals surface area (Å²) in [6.07, 6.45) is 0. The number of carbonyl (C=O) groups excluding carboxylic acids is 2. The van der Waals surface area contributed by atoms with Crippen LogP contribution in [0.3, 0.4) is 0 Å². The molecule has 33 heavy (non-hydrogen) atoms. The number of benzene rings is 3. The number of carbonyl (C=O) groups is 2. The molecule has 0 fully saturated rings. The topological polar surface area (TPSA) is 91.0 Å². The van der Waals surface area contributed by atoms with Crippen LogP contribution in [0.2, 0.25) is 5.02 Å². The smallest absolute Gasteiger partial charge is 0.294 e. The number of aromatic hydroxyl groups is 1. The summed E-state index contributed by atoms with van der Waals surface area (Å²) in [4.78, 5) is 27.8. The molecule has 1 aliphatic heterocycles. The van der Waals surface area contributed by atoms with Crippen LogP contribution in [0.5, 0.6) is 5.75 Å². The van der Waals surface area contributed by atoms with Crippen molar-refractivity contribution < 1.29 is 28.6 Å². The summed E-state index contributed by atoms with van der Waals surface area (Å²) >= 11 is 6.02. The first-order valence-electron chi connectivity index (χ1n) is 9.88. The Kier molecular flexibility index (Phi) is 4.91. The Morgan fingerprint density at radius 3 is 2.48 bits per heavy atom. The molecule has 0 bridgehead atoms. The van der Waals surface area contributed by atoms with Gasteiger partial charge in [0.05, 0.1) is 11.6 Å². The molecule has 2 heterocycles. The van der Waals surface area contributed by atoms with Crippen molar-refractivity contribution in [3.63, 3.8) is 0 Å². The molecule has 0 saturated heterocycles. The van der Waals surface area contributed by atoms with E-state index in [0.29, 0.717) is 21.6 Å². The van der Waals surface area contributed by atoms with Crippen molar-refractivity contribution in [3.05, 3.63) is 106 Å². The lowest BCUT2D eigenvalue weighted by molar-refractivity contribution is -0.117. The van der Waals surface area contributed by atoms with Crippen molar-refractivity contribution in [3.8, 4) is 5.75 Å². The van der Waals surface area contributed by atoms with E-state index in [2.05, 4.69) is 0 Å². The second-order valence-electron chi connectivity index (χ2n) is 7.53. The molecule has 8 heteroatoms. The highest BCUT2D eigenvalue weighted by atomic mass is 35.5. The Hall–Kier alpha value is -4.10. The average Bonchev–Trinajstić information content (AvgIpc) is 3.33. The Bertz CT molecular complexity index is 1460. The van der Waals surface area contributed by atoms with E-state index in [1.807, 2.05) is 0 Å². The van der Waals surface area contributed by atoms with Gasteiger partial charge in [-0.1, -0.05) is 23.7 Å².